The molecule has 0 radical (unpaired) electrons. The normalized spacial score (nSPS) is 24.8. The van der Waals surface area contributed by atoms with Crippen LogP contribution in [-0.2, 0) is 14.2 Å². The number of hydrogen-bond acceptors (Lipinski definition) is 7. The van der Waals surface area contributed by atoms with E-state index in [2.05, 4.69) is 0 Å². The van der Waals surface area contributed by atoms with Gasteiger partial charge in [0.1, 0.15) is 18.8 Å². The van der Waals surface area contributed by atoms with Crippen LogP contribution in [0.25, 0.3) is 0 Å². The molecule has 1 aliphatic heterocycles. The molecule has 0 aliphatic carbocycles. The maximum atomic E-state index is 12.2. The first kappa shape index (κ1) is 18.1. The monoisotopic (exact) mass is 358 g/mol. The molecule has 0 amide bonds. The summed E-state index contributed by atoms with van der Waals surface area (Å²) >= 11 is 0. The van der Waals surface area contributed by atoms with Crippen LogP contribution in [0.4, 0.5) is 0 Å². The molecule has 4 atom stereocenters. The molecule has 1 aliphatic rings. The summed E-state index contributed by atoms with van der Waals surface area (Å²) in [5.74, 6) is -1.26. The first-order chi connectivity index (χ1) is 12.6. The predicted molar refractivity (Wildman–Crippen MR) is 89.3 cm³/mol. The summed E-state index contributed by atoms with van der Waals surface area (Å²) in [6, 6.07) is 16.6. The molecule has 0 bridgehead atoms. The average Bonchev–Trinajstić information content (AvgIpc) is 2.95. The lowest BCUT2D eigenvalue weighted by atomic mass is 10.1. The van der Waals surface area contributed by atoms with Gasteiger partial charge >= 0.3 is 11.9 Å². The maximum Gasteiger partial charge on any atom is 0.338 e. The zero-order chi connectivity index (χ0) is 18.5. The minimum absolute atomic E-state index is 0.283. The van der Waals surface area contributed by atoms with E-state index in [0.29, 0.717) is 11.1 Å². The van der Waals surface area contributed by atoms with E-state index >= 15 is 0 Å². The summed E-state index contributed by atoms with van der Waals surface area (Å²) in [7, 11) is 0. The first-order valence-corrected chi connectivity index (χ1v) is 8.06. The Bertz CT molecular complexity index is 747. The number of ether oxygens (including phenoxy) is 3. The molecule has 2 aromatic carbocycles. The summed E-state index contributed by atoms with van der Waals surface area (Å²) in [5, 5.41) is 19.7. The minimum atomic E-state index is -1.54. The fourth-order valence-corrected chi connectivity index (χ4v) is 2.58. The summed E-state index contributed by atoms with van der Waals surface area (Å²) in [5.41, 5.74) is 0.644. The van der Waals surface area contributed by atoms with Crippen LogP contribution in [0.5, 0.6) is 0 Å². The molecule has 7 heteroatoms. The highest BCUT2D eigenvalue weighted by Gasteiger charge is 2.46. The van der Waals surface area contributed by atoms with Gasteiger partial charge in [0, 0.05) is 0 Å². The van der Waals surface area contributed by atoms with Crippen LogP contribution in [-0.4, -0.2) is 53.4 Å². The van der Waals surface area contributed by atoms with Gasteiger partial charge in [-0.3, -0.25) is 0 Å². The average molecular weight is 358 g/mol. The number of esters is 2. The summed E-state index contributed by atoms with van der Waals surface area (Å²) in [4.78, 5) is 24.2. The molecule has 0 aromatic heterocycles. The lowest BCUT2D eigenvalue weighted by Crippen LogP contribution is -2.39. The number of carbonyl (C=O) groups excluding carboxylic acids is 2. The molecule has 26 heavy (non-hydrogen) atoms. The fourth-order valence-electron chi connectivity index (χ4n) is 2.58. The quantitative estimate of drug-likeness (QED) is 0.773. The van der Waals surface area contributed by atoms with Crippen LogP contribution in [0.15, 0.2) is 60.7 Å². The number of aliphatic hydroxyl groups excluding tert-OH is 2. The van der Waals surface area contributed by atoms with Crippen LogP contribution in [0.1, 0.15) is 20.7 Å². The number of aliphatic hydroxyl groups is 2. The lowest BCUT2D eigenvalue weighted by Gasteiger charge is -2.20. The van der Waals surface area contributed by atoms with Crippen molar-refractivity contribution in [2.45, 2.75) is 24.6 Å². The smallest absolute Gasteiger partial charge is 0.338 e. The maximum absolute atomic E-state index is 12.2. The molecule has 136 valence electrons. The molecule has 1 unspecified atom stereocenters. The summed E-state index contributed by atoms with van der Waals surface area (Å²) in [6.45, 7) is -0.283. The highest BCUT2D eigenvalue weighted by molar-refractivity contribution is 5.90. The number of benzene rings is 2. The van der Waals surface area contributed by atoms with Crippen molar-refractivity contribution in [2.24, 2.45) is 0 Å². The third-order valence-corrected chi connectivity index (χ3v) is 3.95. The molecule has 1 fully saturated rings. The Morgan fingerprint density at radius 3 is 2.00 bits per heavy atom. The van der Waals surface area contributed by atoms with Crippen molar-refractivity contribution in [3.63, 3.8) is 0 Å². The largest absolute Gasteiger partial charge is 0.459 e. The fraction of sp³-hybridized carbons (Fsp3) is 0.263. The topological polar surface area (TPSA) is 102 Å². The van der Waals surface area contributed by atoms with E-state index in [0.717, 1.165) is 0 Å². The van der Waals surface area contributed by atoms with E-state index < -0.39 is 36.5 Å². The van der Waals surface area contributed by atoms with Crippen LogP contribution in [0.2, 0.25) is 0 Å². The van der Waals surface area contributed by atoms with E-state index in [1.165, 1.54) is 0 Å². The molecule has 1 saturated heterocycles. The summed E-state index contributed by atoms with van der Waals surface area (Å²) < 4.78 is 15.6. The number of rotatable bonds is 5. The molecular weight excluding hydrogens is 340 g/mol. The molecule has 1 heterocycles. The SMILES string of the molecule is O=C(OC[C@H]1O[C@@H](O)C(O)[C@H]1OC(=O)c1ccccc1)c1ccccc1. The van der Waals surface area contributed by atoms with E-state index in [9.17, 15) is 19.8 Å². The van der Waals surface area contributed by atoms with E-state index in [-0.39, 0.29) is 6.61 Å². The Balaban J connectivity index is 1.63. The third kappa shape index (κ3) is 4.08. The van der Waals surface area contributed by atoms with Gasteiger partial charge in [0.2, 0.25) is 0 Å². The molecular formula is C19H18O7. The highest BCUT2D eigenvalue weighted by atomic mass is 16.7. The van der Waals surface area contributed by atoms with Gasteiger partial charge in [-0.1, -0.05) is 36.4 Å². The predicted octanol–water partition coefficient (Wildman–Crippen LogP) is 1.15. The van der Waals surface area contributed by atoms with Crippen LogP contribution < -0.4 is 0 Å². The highest BCUT2D eigenvalue weighted by Crippen LogP contribution is 2.24. The number of carbonyl (C=O) groups is 2. The van der Waals surface area contributed by atoms with Gasteiger partial charge in [-0.2, -0.15) is 0 Å². The second kappa shape index (κ2) is 8.09. The zero-order valence-electron chi connectivity index (χ0n) is 13.7. The van der Waals surface area contributed by atoms with Crippen LogP contribution in [0, 0.1) is 0 Å². The van der Waals surface area contributed by atoms with Crippen molar-refractivity contribution in [1.29, 1.82) is 0 Å². The van der Waals surface area contributed by atoms with Gasteiger partial charge in [0.15, 0.2) is 12.4 Å². The van der Waals surface area contributed by atoms with E-state index in [1.807, 2.05) is 0 Å². The van der Waals surface area contributed by atoms with Gasteiger partial charge in [0.25, 0.3) is 0 Å². The second-order valence-electron chi connectivity index (χ2n) is 5.76. The first-order valence-electron chi connectivity index (χ1n) is 8.06. The molecule has 2 N–H and O–H groups in total. The number of hydrogen-bond donors (Lipinski definition) is 2. The van der Waals surface area contributed by atoms with Gasteiger partial charge in [0.05, 0.1) is 11.1 Å². The molecule has 0 saturated carbocycles. The third-order valence-electron chi connectivity index (χ3n) is 3.95. The van der Waals surface area contributed by atoms with Crippen LogP contribution in [0.3, 0.4) is 0 Å². The Kier molecular flexibility index (Phi) is 5.62. The Morgan fingerprint density at radius 1 is 0.885 bits per heavy atom. The van der Waals surface area contributed by atoms with Gasteiger partial charge in [-0.15, -0.1) is 0 Å². The molecule has 7 nitrogen and oxygen atoms in total. The molecule has 0 spiro atoms. The second-order valence-corrected chi connectivity index (χ2v) is 5.76. The van der Waals surface area contributed by atoms with Crippen molar-refractivity contribution < 1.29 is 34.0 Å². The molecule has 3 rings (SSSR count). The van der Waals surface area contributed by atoms with E-state index in [4.69, 9.17) is 14.2 Å². The lowest BCUT2D eigenvalue weighted by molar-refractivity contribution is -0.133. The van der Waals surface area contributed by atoms with E-state index in [1.54, 1.807) is 60.7 Å². The van der Waals surface area contributed by atoms with Crippen LogP contribution >= 0.6 is 0 Å². The van der Waals surface area contributed by atoms with Gasteiger partial charge in [-0.25, -0.2) is 9.59 Å². The van der Waals surface area contributed by atoms with Crippen molar-refractivity contribution in [2.75, 3.05) is 6.61 Å². The standard InChI is InChI=1S/C19H18O7/c20-15-16(26-18(22)13-9-5-2-6-10-13)14(25-19(15)23)11-24-17(21)12-7-3-1-4-8-12/h1-10,14-16,19-20,23H,11H2/t14-,15?,16+,19-/m1/s1. The Labute approximate surface area is 149 Å². The minimum Gasteiger partial charge on any atom is -0.459 e. The van der Waals surface area contributed by atoms with Crippen molar-refractivity contribution >= 4 is 11.9 Å². The van der Waals surface area contributed by atoms with Gasteiger partial charge in [-0.05, 0) is 24.3 Å². The summed E-state index contributed by atoms with van der Waals surface area (Å²) in [6.07, 6.45) is -5.13. The zero-order valence-corrected chi connectivity index (χ0v) is 13.7. The molecule has 2 aromatic rings. The van der Waals surface area contributed by atoms with Gasteiger partial charge < -0.3 is 24.4 Å². The van der Waals surface area contributed by atoms with Crippen molar-refractivity contribution in [3.8, 4) is 0 Å². The van der Waals surface area contributed by atoms with Crippen molar-refractivity contribution in [3.05, 3.63) is 71.8 Å². The Morgan fingerprint density at radius 2 is 1.42 bits per heavy atom. The van der Waals surface area contributed by atoms with Crippen molar-refractivity contribution in [1.82, 2.24) is 0 Å². The Hall–Kier alpha value is -2.74.